The van der Waals surface area contributed by atoms with Crippen LogP contribution in [0.4, 0.5) is 0 Å². The maximum absolute atomic E-state index is 5.22. The summed E-state index contributed by atoms with van der Waals surface area (Å²) in [6.07, 6.45) is 0. The molecule has 1 aromatic heterocycles. The molecule has 1 aromatic rings. The van der Waals surface area contributed by atoms with E-state index in [2.05, 4.69) is 26.7 Å². The summed E-state index contributed by atoms with van der Waals surface area (Å²) < 4.78 is 5.22. The van der Waals surface area contributed by atoms with E-state index in [-0.39, 0.29) is 0 Å². The molecule has 5 heteroatoms. The lowest BCUT2D eigenvalue weighted by Gasteiger charge is -2.46. The van der Waals surface area contributed by atoms with Crippen molar-refractivity contribution in [1.29, 1.82) is 0 Å². The van der Waals surface area contributed by atoms with Crippen molar-refractivity contribution in [3.8, 4) is 0 Å². The van der Waals surface area contributed by atoms with Gasteiger partial charge in [-0.15, -0.1) is 0 Å². The Hall–Kier alpha value is -0.520. The van der Waals surface area contributed by atoms with Crippen LogP contribution in [-0.2, 0) is 6.54 Å². The highest BCUT2D eigenvalue weighted by Gasteiger charge is 2.33. The number of hydrogen-bond acceptors (Lipinski definition) is 5. The van der Waals surface area contributed by atoms with Crippen molar-refractivity contribution < 1.29 is 4.52 Å². The fourth-order valence-electron chi connectivity index (χ4n) is 2.80. The van der Waals surface area contributed by atoms with Crippen LogP contribution in [0.2, 0.25) is 0 Å². The Morgan fingerprint density at radius 1 is 1.28 bits per heavy atom. The second-order valence-electron chi connectivity index (χ2n) is 5.30. The van der Waals surface area contributed by atoms with Crippen LogP contribution in [0, 0.1) is 13.8 Å². The topological polar surface area (TPSA) is 32.5 Å². The van der Waals surface area contributed by atoms with Gasteiger partial charge in [0.15, 0.2) is 0 Å². The second-order valence-corrected chi connectivity index (χ2v) is 6.52. The second kappa shape index (κ2) is 5.23. The van der Waals surface area contributed by atoms with E-state index in [0.29, 0.717) is 0 Å². The zero-order chi connectivity index (χ0) is 12.5. The third kappa shape index (κ3) is 2.44. The van der Waals surface area contributed by atoms with Gasteiger partial charge in [-0.05, 0) is 13.8 Å². The van der Waals surface area contributed by atoms with E-state index in [0.717, 1.165) is 24.0 Å². The molecule has 0 atom stereocenters. The first-order chi connectivity index (χ1) is 8.74. The van der Waals surface area contributed by atoms with Gasteiger partial charge in [0.1, 0.15) is 5.76 Å². The summed E-state index contributed by atoms with van der Waals surface area (Å²) in [5, 5.41) is 4.02. The summed E-state index contributed by atoms with van der Waals surface area (Å²) >= 11 is 2.08. The van der Waals surface area contributed by atoms with Crippen molar-refractivity contribution in [2.75, 3.05) is 37.7 Å². The Labute approximate surface area is 113 Å². The molecule has 2 fully saturated rings. The lowest BCUT2D eigenvalue weighted by Crippen LogP contribution is -2.60. The number of likely N-dealkylation sites (tertiary alicyclic amines) is 1. The molecule has 0 radical (unpaired) electrons. The van der Waals surface area contributed by atoms with Crippen molar-refractivity contribution >= 4 is 11.8 Å². The molecule has 0 saturated carbocycles. The molecule has 2 saturated heterocycles. The normalized spacial score (nSPS) is 23.2. The first-order valence-electron chi connectivity index (χ1n) is 6.70. The number of hydrogen-bond donors (Lipinski definition) is 0. The zero-order valence-corrected chi connectivity index (χ0v) is 12.0. The molecule has 3 rings (SSSR count). The molecule has 0 unspecified atom stereocenters. The molecular weight excluding hydrogens is 246 g/mol. The first-order valence-corrected chi connectivity index (χ1v) is 7.85. The molecule has 0 amide bonds. The molecule has 3 heterocycles. The minimum absolute atomic E-state index is 0.784. The van der Waals surface area contributed by atoms with Crippen LogP contribution >= 0.6 is 11.8 Å². The fourth-order valence-corrected chi connectivity index (χ4v) is 3.73. The number of aryl methyl sites for hydroxylation is 2. The predicted octanol–water partition coefficient (Wildman–Crippen LogP) is 1.52. The quantitative estimate of drug-likeness (QED) is 0.829. The van der Waals surface area contributed by atoms with Crippen LogP contribution in [0.25, 0.3) is 0 Å². The van der Waals surface area contributed by atoms with Gasteiger partial charge in [-0.1, -0.05) is 5.16 Å². The molecule has 2 aliphatic heterocycles. The third-order valence-electron chi connectivity index (χ3n) is 4.06. The number of thioether (sulfide) groups is 1. The lowest BCUT2D eigenvalue weighted by atomic mass is 10.0. The molecule has 0 N–H and O–H groups in total. The monoisotopic (exact) mass is 267 g/mol. The molecule has 0 spiro atoms. The molecule has 0 aliphatic carbocycles. The largest absolute Gasteiger partial charge is 0.361 e. The van der Waals surface area contributed by atoms with Gasteiger partial charge < -0.3 is 4.52 Å². The maximum Gasteiger partial charge on any atom is 0.138 e. The molecule has 18 heavy (non-hydrogen) atoms. The van der Waals surface area contributed by atoms with Gasteiger partial charge in [-0.3, -0.25) is 9.80 Å². The van der Waals surface area contributed by atoms with E-state index in [9.17, 15) is 0 Å². The Morgan fingerprint density at radius 3 is 2.61 bits per heavy atom. The summed E-state index contributed by atoms with van der Waals surface area (Å²) in [6, 6.07) is 0.784. The minimum Gasteiger partial charge on any atom is -0.361 e. The van der Waals surface area contributed by atoms with E-state index in [1.807, 2.05) is 13.8 Å². The Bertz CT molecular complexity index is 389. The zero-order valence-electron chi connectivity index (χ0n) is 11.2. The number of rotatable bonds is 3. The van der Waals surface area contributed by atoms with Crippen LogP contribution in [0.5, 0.6) is 0 Å². The van der Waals surface area contributed by atoms with E-state index < -0.39 is 0 Å². The highest BCUT2D eigenvalue weighted by molar-refractivity contribution is 7.99. The van der Waals surface area contributed by atoms with Crippen molar-refractivity contribution in [2.45, 2.75) is 26.4 Å². The van der Waals surface area contributed by atoms with Crippen LogP contribution in [-0.4, -0.2) is 58.7 Å². The van der Waals surface area contributed by atoms with Crippen molar-refractivity contribution in [1.82, 2.24) is 15.0 Å². The molecule has 0 aromatic carbocycles. The van der Waals surface area contributed by atoms with E-state index in [4.69, 9.17) is 4.52 Å². The van der Waals surface area contributed by atoms with E-state index in [1.165, 1.54) is 43.2 Å². The molecule has 2 aliphatic rings. The highest BCUT2D eigenvalue weighted by atomic mass is 32.2. The van der Waals surface area contributed by atoms with Crippen molar-refractivity contribution in [3.63, 3.8) is 0 Å². The first kappa shape index (κ1) is 12.5. The summed E-state index contributed by atoms with van der Waals surface area (Å²) in [6.45, 7) is 9.99. The van der Waals surface area contributed by atoms with E-state index in [1.54, 1.807) is 0 Å². The van der Waals surface area contributed by atoms with Crippen LogP contribution in [0.15, 0.2) is 4.52 Å². The molecule has 100 valence electrons. The fraction of sp³-hybridized carbons (Fsp3) is 0.769. The maximum atomic E-state index is 5.22. The van der Waals surface area contributed by atoms with Gasteiger partial charge in [0.05, 0.1) is 5.69 Å². The minimum atomic E-state index is 0.784. The summed E-state index contributed by atoms with van der Waals surface area (Å²) in [4.78, 5) is 5.15. The average molecular weight is 267 g/mol. The standard InChI is InChI=1S/C13H21N3OS/c1-10-13(11(2)17-14-10)9-15-7-12(8-15)16-3-5-18-6-4-16/h12H,3-9H2,1-2H3. The van der Waals surface area contributed by atoms with Crippen LogP contribution in [0.1, 0.15) is 17.0 Å². The molecular formula is C13H21N3OS. The van der Waals surface area contributed by atoms with Crippen molar-refractivity contribution in [3.05, 3.63) is 17.0 Å². The van der Waals surface area contributed by atoms with E-state index >= 15 is 0 Å². The Morgan fingerprint density at radius 2 is 2.00 bits per heavy atom. The van der Waals surface area contributed by atoms with Gasteiger partial charge >= 0.3 is 0 Å². The number of aromatic nitrogens is 1. The molecule has 4 nitrogen and oxygen atoms in total. The Balaban J connectivity index is 1.50. The van der Waals surface area contributed by atoms with Gasteiger partial charge in [0.2, 0.25) is 0 Å². The smallest absolute Gasteiger partial charge is 0.138 e. The summed E-state index contributed by atoms with van der Waals surface area (Å²) in [5.41, 5.74) is 2.33. The predicted molar refractivity (Wildman–Crippen MR) is 73.9 cm³/mol. The Kier molecular flexibility index (Phi) is 3.63. The van der Waals surface area contributed by atoms with Crippen molar-refractivity contribution in [2.24, 2.45) is 0 Å². The van der Waals surface area contributed by atoms with Crippen LogP contribution < -0.4 is 0 Å². The van der Waals surface area contributed by atoms with Gasteiger partial charge in [0.25, 0.3) is 0 Å². The highest BCUT2D eigenvalue weighted by Crippen LogP contribution is 2.23. The average Bonchev–Trinajstić information content (AvgIpc) is 2.65. The molecule has 0 bridgehead atoms. The lowest BCUT2D eigenvalue weighted by molar-refractivity contribution is 0.0339. The number of nitrogens with zero attached hydrogens (tertiary/aromatic N) is 3. The third-order valence-corrected chi connectivity index (χ3v) is 5.01. The SMILES string of the molecule is Cc1noc(C)c1CN1CC(N2CCSCC2)C1. The van der Waals surface area contributed by atoms with Gasteiger partial charge in [-0.2, -0.15) is 11.8 Å². The van der Waals surface area contributed by atoms with Crippen LogP contribution in [0.3, 0.4) is 0 Å². The van der Waals surface area contributed by atoms with Gasteiger partial charge in [-0.25, -0.2) is 0 Å². The summed E-state index contributed by atoms with van der Waals surface area (Å²) in [5.74, 6) is 3.59. The summed E-state index contributed by atoms with van der Waals surface area (Å²) in [7, 11) is 0. The van der Waals surface area contributed by atoms with Gasteiger partial charge in [0, 0.05) is 55.8 Å².